The second-order valence-corrected chi connectivity index (χ2v) is 5.55. The number of alkyl halides is 3. The molecule has 0 radical (unpaired) electrons. The molecule has 0 aliphatic rings. The Morgan fingerprint density at radius 2 is 2.00 bits per heavy atom. The number of halogens is 3. The fourth-order valence-electron chi connectivity index (χ4n) is 1.46. The number of hydrogen-bond donors (Lipinski definition) is 1. The molecule has 98 valence electrons. The lowest BCUT2D eigenvalue weighted by Gasteiger charge is -2.24. The van der Waals surface area contributed by atoms with Gasteiger partial charge in [-0.1, -0.05) is 0 Å². The van der Waals surface area contributed by atoms with Crippen molar-refractivity contribution in [2.45, 2.75) is 32.2 Å². The second kappa shape index (κ2) is 4.91. The highest BCUT2D eigenvalue weighted by atomic mass is 32.1. The number of aromatic nitrogens is 1. The van der Waals surface area contributed by atoms with Gasteiger partial charge >= 0.3 is 6.18 Å². The largest absolute Gasteiger partial charge is 0.434 e. The van der Waals surface area contributed by atoms with Gasteiger partial charge < -0.3 is 5.11 Å². The van der Waals surface area contributed by atoms with E-state index in [0.29, 0.717) is 18.1 Å². The summed E-state index contributed by atoms with van der Waals surface area (Å²) in [4.78, 5) is 5.26. The quantitative estimate of drug-likeness (QED) is 0.910. The van der Waals surface area contributed by atoms with E-state index in [9.17, 15) is 18.3 Å². The van der Waals surface area contributed by atoms with Gasteiger partial charge in [0.15, 0.2) is 5.69 Å². The van der Waals surface area contributed by atoms with E-state index in [4.69, 9.17) is 0 Å². The molecular weight excluding hydrogens is 253 g/mol. The minimum Gasteiger partial charge on any atom is -0.389 e. The molecule has 7 heteroatoms. The van der Waals surface area contributed by atoms with Crippen molar-refractivity contribution in [3.05, 3.63) is 16.1 Å². The Kier molecular flexibility index (Phi) is 4.16. The Balaban J connectivity index is 2.61. The van der Waals surface area contributed by atoms with Crippen LogP contribution in [-0.4, -0.2) is 34.2 Å². The SMILES string of the molecule is CN(Cc1nc(C(F)(F)F)cs1)CC(C)(C)O. The van der Waals surface area contributed by atoms with Crippen LogP contribution in [0.15, 0.2) is 5.38 Å². The van der Waals surface area contributed by atoms with Gasteiger partial charge in [0.25, 0.3) is 0 Å². The van der Waals surface area contributed by atoms with E-state index in [0.717, 1.165) is 16.7 Å². The maximum absolute atomic E-state index is 12.3. The Bertz CT molecular complexity index is 370. The summed E-state index contributed by atoms with van der Waals surface area (Å²) in [5, 5.41) is 11.0. The van der Waals surface area contributed by atoms with Crippen LogP contribution in [0.5, 0.6) is 0 Å². The summed E-state index contributed by atoms with van der Waals surface area (Å²) in [6.45, 7) is 3.96. The van der Waals surface area contributed by atoms with Crippen LogP contribution in [0.25, 0.3) is 0 Å². The van der Waals surface area contributed by atoms with Crippen molar-refractivity contribution in [2.75, 3.05) is 13.6 Å². The van der Waals surface area contributed by atoms with E-state index < -0.39 is 17.5 Å². The van der Waals surface area contributed by atoms with E-state index in [1.54, 1.807) is 25.8 Å². The van der Waals surface area contributed by atoms with Crippen LogP contribution in [0.4, 0.5) is 13.2 Å². The molecule has 0 aromatic carbocycles. The summed E-state index contributed by atoms with van der Waals surface area (Å²) >= 11 is 0.976. The minimum absolute atomic E-state index is 0.296. The highest BCUT2D eigenvalue weighted by Crippen LogP contribution is 2.30. The van der Waals surface area contributed by atoms with E-state index in [1.807, 2.05) is 0 Å². The number of likely N-dealkylation sites (N-methyl/N-ethyl adjacent to an activating group) is 1. The lowest BCUT2D eigenvalue weighted by atomic mass is 10.1. The van der Waals surface area contributed by atoms with Crippen molar-refractivity contribution in [1.29, 1.82) is 0 Å². The summed E-state index contributed by atoms with van der Waals surface area (Å²) in [7, 11) is 1.73. The summed E-state index contributed by atoms with van der Waals surface area (Å²) < 4.78 is 36.9. The Morgan fingerprint density at radius 3 is 2.41 bits per heavy atom. The van der Waals surface area contributed by atoms with Crippen molar-refractivity contribution in [3.8, 4) is 0 Å². The molecule has 0 bridgehead atoms. The molecule has 0 fully saturated rings. The van der Waals surface area contributed by atoms with Gasteiger partial charge in [-0.2, -0.15) is 13.2 Å². The van der Waals surface area contributed by atoms with E-state index in [2.05, 4.69) is 4.98 Å². The van der Waals surface area contributed by atoms with E-state index >= 15 is 0 Å². The number of rotatable bonds is 4. The molecule has 0 unspecified atom stereocenters. The fourth-order valence-corrected chi connectivity index (χ4v) is 2.34. The van der Waals surface area contributed by atoms with Crippen LogP contribution in [0, 0.1) is 0 Å². The maximum atomic E-state index is 12.3. The average Bonchev–Trinajstić information content (AvgIpc) is 2.47. The van der Waals surface area contributed by atoms with Crippen molar-refractivity contribution in [1.82, 2.24) is 9.88 Å². The monoisotopic (exact) mass is 268 g/mol. The first-order valence-electron chi connectivity index (χ1n) is 5.00. The molecule has 0 atom stereocenters. The Labute approximate surface area is 102 Å². The molecule has 1 aromatic heterocycles. The molecule has 0 aliphatic carbocycles. The minimum atomic E-state index is -4.39. The van der Waals surface area contributed by atoms with Gasteiger partial charge in [0.1, 0.15) is 5.01 Å². The van der Waals surface area contributed by atoms with Gasteiger partial charge in [-0.15, -0.1) is 11.3 Å². The van der Waals surface area contributed by atoms with Gasteiger partial charge in [0, 0.05) is 11.9 Å². The average molecular weight is 268 g/mol. The van der Waals surface area contributed by atoms with Gasteiger partial charge in [-0.3, -0.25) is 4.90 Å². The maximum Gasteiger partial charge on any atom is 0.434 e. The van der Waals surface area contributed by atoms with Gasteiger partial charge in [0.05, 0.1) is 12.1 Å². The Hall–Kier alpha value is -0.660. The number of thiazole rings is 1. The van der Waals surface area contributed by atoms with Crippen molar-refractivity contribution in [3.63, 3.8) is 0 Å². The zero-order valence-electron chi connectivity index (χ0n) is 9.88. The zero-order chi connectivity index (χ0) is 13.3. The Morgan fingerprint density at radius 1 is 1.41 bits per heavy atom. The molecule has 1 heterocycles. The van der Waals surface area contributed by atoms with Gasteiger partial charge in [-0.05, 0) is 20.9 Å². The molecule has 0 saturated carbocycles. The predicted octanol–water partition coefficient (Wildman–Crippen LogP) is 2.36. The third kappa shape index (κ3) is 5.01. The standard InChI is InChI=1S/C10H15F3N2OS/c1-9(2,16)6-15(3)4-8-14-7(5-17-8)10(11,12)13/h5,16H,4,6H2,1-3H3. The number of aliphatic hydroxyl groups is 1. The lowest BCUT2D eigenvalue weighted by Crippen LogP contribution is -2.35. The fraction of sp³-hybridized carbons (Fsp3) is 0.700. The predicted molar refractivity (Wildman–Crippen MR) is 59.7 cm³/mol. The van der Waals surface area contributed by atoms with Crippen LogP contribution < -0.4 is 0 Å². The van der Waals surface area contributed by atoms with Crippen LogP contribution >= 0.6 is 11.3 Å². The second-order valence-electron chi connectivity index (χ2n) is 4.61. The normalized spacial score (nSPS) is 13.4. The van der Waals surface area contributed by atoms with Crippen molar-refractivity contribution < 1.29 is 18.3 Å². The number of nitrogens with zero attached hydrogens (tertiary/aromatic N) is 2. The lowest BCUT2D eigenvalue weighted by molar-refractivity contribution is -0.140. The molecule has 0 spiro atoms. The van der Waals surface area contributed by atoms with Crippen LogP contribution in [0.3, 0.4) is 0 Å². The van der Waals surface area contributed by atoms with E-state index in [-0.39, 0.29) is 0 Å². The molecule has 17 heavy (non-hydrogen) atoms. The van der Waals surface area contributed by atoms with Crippen LogP contribution in [-0.2, 0) is 12.7 Å². The molecule has 0 saturated heterocycles. The summed E-state index contributed by atoms with van der Waals surface area (Å²) in [5.41, 5.74) is -1.73. The molecule has 0 aliphatic heterocycles. The summed E-state index contributed by atoms with van der Waals surface area (Å²) in [6.07, 6.45) is -4.39. The smallest absolute Gasteiger partial charge is 0.389 e. The van der Waals surface area contributed by atoms with Crippen LogP contribution in [0.2, 0.25) is 0 Å². The number of hydrogen-bond acceptors (Lipinski definition) is 4. The molecule has 1 rings (SSSR count). The third-order valence-electron chi connectivity index (χ3n) is 1.90. The third-order valence-corrected chi connectivity index (χ3v) is 2.74. The highest BCUT2D eigenvalue weighted by Gasteiger charge is 2.33. The van der Waals surface area contributed by atoms with Crippen molar-refractivity contribution in [2.24, 2.45) is 0 Å². The van der Waals surface area contributed by atoms with Gasteiger partial charge in [0.2, 0.25) is 0 Å². The zero-order valence-corrected chi connectivity index (χ0v) is 10.7. The molecular formula is C10H15F3N2OS. The summed E-state index contributed by atoms with van der Waals surface area (Å²) in [6, 6.07) is 0. The summed E-state index contributed by atoms with van der Waals surface area (Å²) in [5.74, 6) is 0. The molecule has 1 N–H and O–H groups in total. The topological polar surface area (TPSA) is 36.4 Å². The van der Waals surface area contributed by atoms with Gasteiger partial charge in [-0.25, -0.2) is 4.98 Å². The van der Waals surface area contributed by atoms with Crippen molar-refractivity contribution >= 4 is 11.3 Å². The first-order chi connectivity index (χ1) is 7.58. The molecule has 1 aromatic rings. The molecule has 3 nitrogen and oxygen atoms in total. The molecule has 0 amide bonds. The van der Waals surface area contributed by atoms with Crippen LogP contribution in [0.1, 0.15) is 24.5 Å². The first-order valence-corrected chi connectivity index (χ1v) is 5.88. The highest BCUT2D eigenvalue weighted by molar-refractivity contribution is 7.09. The van der Waals surface area contributed by atoms with E-state index in [1.165, 1.54) is 0 Å². The first kappa shape index (κ1) is 14.4.